The number of anilines is 1. The molecule has 0 N–H and O–H groups in total. The van der Waals surface area contributed by atoms with Gasteiger partial charge in [0, 0.05) is 25.2 Å². The van der Waals surface area contributed by atoms with Crippen LogP contribution < -0.4 is 4.90 Å². The Balaban J connectivity index is 2.33. The number of hydrogen-bond acceptors (Lipinski definition) is 5. The fraction of sp³-hybridized carbons (Fsp3) is 0.600. The van der Waals surface area contributed by atoms with Crippen molar-refractivity contribution in [3.63, 3.8) is 0 Å². The molecule has 0 fully saturated rings. The summed E-state index contributed by atoms with van der Waals surface area (Å²) in [6.07, 6.45) is 4.58. The van der Waals surface area contributed by atoms with Gasteiger partial charge >= 0.3 is 0 Å². The van der Waals surface area contributed by atoms with Gasteiger partial charge < -0.3 is 4.90 Å². The number of aromatic nitrogens is 5. The maximum Gasteiger partial charge on any atom is 0.203 e. The smallest absolute Gasteiger partial charge is 0.203 e. The van der Waals surface area contributed by atoms with E-state index in [1.54, 1.807) is 4.63 Å². The molecule has 0 saturated carbocycles. The Hall–Kier alpha value is -1.72. The lowest BCUT2D eigenvalue weighted by Crippen LogP contribution is -2.19. The van der Waals surface area contributed by atoms with E-state index in [4.69, 9.17) is 0 Å². The molecule has 0 spiro atoms. The van der Waals surface area contributed by atoms with Crippen LogP contribution in [0.25, 0.3) is 5.65 Å². The van der Waals surface area contributed by atoms with Crippen LogP contribution in [-0.4, -0.2) is 39.3 Å². The molecule has 0 aromatic carbocycles. The molecule has 6 heteroatoms. The number of hydrogen-bond donors (Lipinski definition) is 0. The summed E-state index contributed by atoms with van der Waals surface area (Å²) in [7, 11) is 4.01. The second-order valence-corrected chi connectivity index (χ2v) is 4.37. The van der Waals surface area contributed by atoms with Crippen LogP contribution in [0, 0.1) is 0 Å². The molecule has 0 amide bonds. The maximum atomic E-state index is 4.45. The fourth-order valence-electron chi connectivity index (χ4n) is 2.34. The van der Waals surface area contributed by atoms with Gasteiger partial charge in [0.1, 0.15) is 0 Å². The molecule has 2 heterocycles. The average Bonchev–Trinajstić information content (AvgIpc) is 2.75. The van der Waals surface area contributed by atoms with Gasteiger partial charge in [-0.2, -0.15) is 0 Å². The monoisotopic (exact) mass is 218 g/mol. The minimum Gasteiger partial charge on any atom is -0.361 e. The zero-order valence-electron chi connectivity index (χ0n) is 9.51. The molecule has 0 atom stereocenters. The summed E-state index contributed by atoms with van der Waals surface area (Å²) in [6, 6.07) is 0. The quantitative estimate of drug-likeness (QED) is 0.696. The topological polar surface area (TPSA) is 59.2 Å². The van der Waals surface area contributed by atoms with Crippen molar-refractivity contribution in [1.82, 2.24) is 25.3 Å². The first-order chi connectivity index (χ1) is 7.77. The molecular weight excluding hydrogens is 204 g/mol. The highest BCUT2D eigenvalue weighted by molar-refractivity contribution is 5.59. The number of tetrazole rings is 1. The average molecular weight is 218 g/mol. The van der Waals surface area contributed by atoms with Crippen molar-refractivity contribution in [1.29, 1.82) is 0 Å². The number of rotatable bonds is 1. The largest absolute Gasteiger partial charge is 0.361 e. The van der Waals surface area contributed by atoms with Gasteiger partial charge in [-0.05, 0) is 36.1 Å². The van der Waals surface area contributed by atoms with E-state index in [0.717, 1.165) is 24.3 Å². The highest BCUT2D eigenvalue weighted by Crippen LogP contribution is 2.29. The van der Waals surface area contributed by atoms with Gasteiger partial charge in [-0.15, -0.1) is 14.8 Å². The van der Waals surface area contributed by atoms with Crippen molar-refractivity contribution in [2.75, 3.05) is 19.0 Å². The van der Waals surface area contributed by atoms with Gasteiger partial charge in [-0.25, -0.2) is 0 Å². The van der Waals surface area contributed by atoms with Crippen LogP contribution in [0.15, 0.2) is 0 Å². The fourth-order valence-corrected chi connectivity index (χ4v) is 2.34. The van der Waals surface area contributed by atoms with E-state index in [1.165, 1.54) is 24.0 Å². The van der Waals surface area contributed by atoms with E-state index >= 15 is 0 Å². The lowest BCUT2D eigenvalue weighted by molar-refractivity contribution is 0.659. The van der Waals surface area contributed by atoms with Crippen molar-refractivity contribution in [3.8, 4) is 0 Å². The summed E-state index contributed by atoms with van der Waals surface area (Å²) >= 11 is 0. The molecule has 3 rings (SSSR count). The summed E-state index contributed by atoms with van der Waals surface area (Å²) in [6.45, 7) is 0. The normalized spacial score (nSPS) is 15.1. The zero-order valence-corrected chi connectivity index (χ0v) is 9.51. The third kappa shape index (κ3) is 1.26. The molecule has 0 saturated heterocycles. The van der Waals surface area contributed by atoms with Gasteiger partial charge in [0.15, 0.2) is 5.82 Å². The third-order valence-corrected chi connectivity index (χ3v) is 3.07. The number of fused-ring (bicyclic) bond motifs is 3. The Morgan fingerprint density at radius 2 is 1.88 bits per heavy atom. The Kier molecular flexibility index (Phi) is 2.02. The summed E-state index contributed by atoms with van der Waals surface area (Å²) < 4.78 is 1.54. The lowest BCUT2D eigenvalue weighted by atomic mass is 9.93. The molecule has 84 valence electrons. The van der Waals surface area contributed by atoms with Crippen LogP contribution in [0.2, 0.25) is 0 Å². The Morgan fingerprint density at radius 3 is 2.62 bits per heavy atom. The first-order valence-electron chi connectivity index (χ1n) is 5.55. The van der Waals surface area contributed by atoms with Crippen LogP contribution in [0.3, 0.4) is 0 Å². The SMILES string of the molecule is CN(C)c1nn2nnnc2c2c1CCCC2. The summed E-state index contributed by atoms with van der Waals surface area (Å²) in [4.78, 5) is 2.03. The second-order valence-electron chi connectivity index (χ2n) is 4.37. The summed E-state index contributed by atoms with van der Waals surface area (Å²) in [5, 5.41) is 16.1. The molecule has 1 aliphatic carbocycles. The van der Waals surface area contributed by atoms with E-state index in [1.807, 2.05) is 19.0 Å². The van der Waals surface area contributed by atoms with E-state index in [0.29, 0.717) is 0 Å². The molecule has 1 aliphatic rings. The zero-order chi connectivity index (χ0) is 11.1. The number of aryl methyl sites for hydroxylation is 1. The van der Waals surface area contributed by atoms with Crippen molar-refractivity contribution < 1.29 is 0 Å². The van der Waals surface area contributed by atoms with Crippen molar-refractivity contribution in [2.24, 2.45) is 0 Å². The van der Waals surface area contributed by atoms with E-state index < -0.39 is 0 Å². The van der Waals surface area contributed by atoms with E-state index in [-0.39, 0.29) is 0 Å². The summed E-state index contributed by atoms with van der Waals surface area (Å²) in [5.41, 5.74) is 3.41. The minimum absolute atomic E-state index is 0.820. The standard InChI is InChI=1S/C10H14N6/c1-15(2)10-8-6-4-3-5-7(8)9-11-13-14-16(9)12-10/h3-6H2,1-2H3. The molecule has 0 aliphatic heterocycles. The van der Waals surface area contributed by atoms with Gasteiger partial charge in [0.2, 0.25) is 5.65 Å². The first kappa shape index (κ1) is 9.50. The Labute approximate surface area is 93.2 Å². The third-order valence-electron chi connectivity index (χ3n) is 3.07. The first-order valence-corrected chi connectivity index (χ1v) is 5.55. The second kappa shape index (κ2) is 3.40. The number of nitrogens with zero attached hydrogens (tertiary/aromatic N) is 6. The van der Waals surface area contributed by atoms with Crippen LogP contribution in [0.5, 0.6) is 0 Å². The highest BCUT2D eigenvalue weighted by atomic mass is 15.6. The van der Waals surface area contributed by atoms with E-state index in [2.05, 4.69) is 20.6 Å². The highest BCUT2D eigenvalue weighted by Gasteiger charge is 2.21. The molecule has 2 aromatic rings. The Morgan fingerprint density at radius 1 is 1.12 bits per heavy atom. The van der Waals surface area contributed by atoms with Gasteiger partial charge in [0.25, 0.3) is 0 Å². The van der Waals surface area contributed by atoms with E-state index in [9.17, 15) is 0 Å². The van der Waals surface area contributed by atoms with Crippen molar-refractivity contribution >= 4 is 11.5 Å². The van der Waals surface area contributed by atoms with Crippen LogP contribution in [0.4, 0.5) is 5.82 Å². The van der Waals surface area contributed by atoms with Crippen LogP contribution in [-0.2, 0) is 12.8 Å². The van der Waals surface area contributed by atoms with Gasteiger partial charge in [0.05, 0.1) is 0 Å². The summed E-state index contributed by atoms with van der Waals surface area (Å²) in [5.74, 6) is 0.995. The molecule has 0 unspecified atom stereocenters. The van der Waals surface area contributed by atoms with Gasteiger partial charge in [-0.3, -0.25) is 0 Å². The molecule has 16 heavy (non-hydrogen) atoms. The minimum atomic E-state index is 0.820. The maximum absolute atomic E-state index is 4.45. The van der Waals surface area contributed by atoms with Crippen LogP contribution in [0.1, 0.15) is 24.0 Å². The predicted octanol–water partition coefficient (Wildman–Crippen LogP) is 0.464. The lowest BCUT2D eigenvalue weighted by Gasteiger charge is -2.22. The van der Waals surface area contributed by atoms with Crippen molar-refractivity contribution in [2.45, 2.75) is 25.7 Å². The van der Waals surface area contributed by atoms with Crippen LogP contribution >= 0.6 is 0 Å². The molecule has 2 aromatic heterocycles. The van der Waals surface area contributed by atoms with Crippen molar-refractivity contribution in [3.05, 3.63) is 11.1 Å². The Bertz CT molecular complexity index is 529. The molecular formula is C10H14N6. The van der Waals surface area contributed by atoms with Gasteiger partial charge in [-0.1, -0.05) is 0 Å². The predicted molar refractivity (Wildman–Crippen MR) is 59.5 cm³/mol. The molecule has 0 bridgehead atoms. The molecule has 6 nitrogen and oxygen atoms in total. The molecule has 0 radical (unpaired) electrons.